The summed E-state index contributed by atoms with van der Waals surface area (Å²) >= 11 is 0. The van der Waals surface area contributed by atoms with E-state index in [-0.39, 0.29) is 48.0 Å². The van der Waals surface area contributed by atoms with Crippen molar-refractivity contribution in [1.82, 2.24) is 4.90 Å². The average Bonchev–Trinajstić information content (AvgIpc) is 3.08. The molecule has 0 saturated carbocycles. The van der Waals surface area contributed by atoms with Gasteiger partial charge in [0.2, 0.25) is 17.7 Å². The van der Waals surface area contributed by atoms with E-state index < -0.39 is 35.7 Å². The number of anilines is 4. The van der Waals surface area contributed by atoms with Crippen molar-refractivity contribution >= 4 is 58.3 Å². The van der Waals surface area contributed by atoms with Crippen LogP contribution in [0.25, 0.3) is 0 Å². The highest BCUT2D eigenvalue weighted by molar-refractivity contribution is 6.40. The van der Waals surface area contributed by atoms with Crippen LogP contribution < -0.4 is 20.9 Å². The molecule has 0 aromatic heterocycles. The summed E-state index contributed by atoms with van der Waals surface area (Å²) in [7, 11) is 0. The number of nitrogens with zero attached hydrogens (tertiary/aromatic N) is 3. The van der Waals surface area contributed by atoms with E-state index in [0.29, 0.717) is 42.9 Å². The van der Waals surface area contributed by atoms with E-state index in [0.717, 1.165) is 24.2 Å². The third kappa shape index (κ3) is 9.36. The molecule has 14 nitrogen and oxygen atoms in total. The summed E-state index contributed by atoms with van der Waals surface area (Å²) in [4.78, 5) is 79.6. The lowest BCUT2D eigenvalue weighted by Crippen LogP contribution is -2.48. The average molecular weight is 688 g/mol. The molecule has 50 heavy (non-hydrogen) atoms. The van der Waals surface area contributed by atoms with Gasteiger partial charge in [-0.05, 0) is 74.1 Å². The summed E-state index contributed by atoms with van der Waals surface area (Å²) in [5.74, 6) is -5.86. The molecule has 1 aliphatic rings. The highest BCUT2D eigenvalue weighted by atomic mass is 16.4. The molecule has 0 bridgehead atoms. The Balaban J connectivity index is 1.60. The number of para-hydroxylation sites is 1. The number of phenolic OH excluding ortho intramolecular Hbond substituents is 1. The summed E-state index contributed by atoms with van der Waals surface area (Å²) < 4.78 is 0. The summed E-state index contributed by atoms with van der Waals surface area (Å²) in [5, 5.41) is 31.9. The monoisotopic (exact) mass is 687 g/mol. The van der Waals surface area contributed by atoms with Crippen LogP contribution in [0.2, 0.25) is 0 Å². The molecule has 264 valence electrons. The fourth-order valence-electron chi connectivity index (χ4n) is 6.06. The number of primary amides is 1. The van der Waals surface area contributed by atoms with Gasteiger partial charge < -0.3 is 36.2 Å². The number of carboxylic acid groups (broad SMARTS) is 2. The van der Waals surface area contributed by atoms with Crippen LogP contribution in [-0.2, 0) is 30.4 Å². The first-order valence-corrected chi connectivity index (χ1v) is 16.3. The minimum Gasteiger partial charge on any atom is -0.508 e. The number of nitrogens with one attached hydrogen (secondary N) is 1. The van der Waals surface area contributed by atoms with Gasteiger partial charge >= 0.3 is 17.8 Å². The van der Waals surface area contributed by atoms with Crippen LogP contribution >= 0.6 is 0 Å². The van der Waals surface area contributed by atoms with Gasteiger partial charge in [-0.1, -0.05) is 24.3 Å². The predicted molar refractivity (Wildman–Crippen MR) is 185 cm³/mol. The summed E-state index contributed by atoms with van der Waals surface area (Å²) in [5.41, 5.74) is 7.08. The number of carbonyl (C=O) groups is 6. The number of aromatic carboxylic acids is 1. The number of piperidine rings is 1. The summed E-state index contributed by atoms with van der Waals surface area (Å²) in [6.45, 7) is 2.64. The SMILES string of the molecule is CC(=O)N(CCCCC(=O)Nc1cccc(O)c1)[C@@H](Cc1ccc(N(C(=O)C(=O)O)c2ccccc2C(=O)O)c(N2CCCCC2)c1)C(N)=O. The van der Waals surface area contributed by atoms with Crippen LogP contribution in [0.15, 0.2) is 66.7 Å². The van der Waals surface area contributed by atoms with Gasteiger partial charge in [0.1, 0.15) is 11.8 Å². The van der Waals surface area contributed by atoms with E-state index in [1.165, 1.54) is 54.3 Å². The first-order valence-electron chi connectivity index (χ1n) is 16.3. The molecule has 4 rings (SSSR count). The molecule has 1 saturated heterocycles. The minimum atomic E-state index is -1.78. The Bertz CT molecular complexity index is 1760. The molecule has 0 unspecified atom stereocenters. The van der Waals surface area contributed by atoms with Crippen molar-refractivity contribution in [1.29, 1.82) is 0 Å². The molecule has 4 amide bonds. The quantitative estimate of drug-likeness (QED) is 0.122. The molecule has 0 radical (unpaired) electrons. The summed E-state index contributed by atoms with van der Waals surface area (Å²) in [6, 6.07) is 15.5. The van der Waals surface area contributed by atoms with Gasteiger partial charge in [0.05, 0.1) is 22.6 Å². The molecule has 1 heterocycles. The topological polar surface area (TPSA) is 211 Å². The number of phenols is 1. The van der Waals surface area contributed by atoms with Gasteiger partial charge in [-0.3, -0.25) is 24.1 Å². The molecule has 14 heteroatoms. The number of aliphatic carboxylic acids is 1. The molecule has 3 aromatic rings. The Morgan fingerprint density at radius 1 is 0.880 bits per heavy atom. The van der Waals surface area contributed by atoms with E-state index in [1.54, 1.807) is 24.3 Å². The largest absolute Gasteiger partial charge is 0.508 e. The van der Waals surface area contributed by atoms with Gasteiger partial charge in [0.15, 0.2) is 0 Å². The van der Waals surface area contributed by atoms with Gasteiger partial charge in [-0.25, -0.2) is 9.59 Å². The number of hydrogen-bond donors (Lipinski definition) is 5. The second-order valence-corrected chi connectivity index (χ2v) is 12.0. The molecule has 0 spiro atoms. The maximum Gasteiger partial charge on any atom is 0.395 e. The van der Waals surface area contributed by atoms with Gasteiger partial charge in [-0.15, -0.1) is 0 Å². The van der Waals surface area contributed by atoms with Crippen molar-refractivity contribution in [2.24, 2.45) is 5.73 Å². The molecule has 3 aromatic carbocycles. The third-order valence-electron chi connectivity index (χ3n) is 8.46. The second kappa shape index (κ2) is 17.0. The second-order valence-electron chi connectivity index (χ2n) is 12.0. The Kier molecular flexibility index (Phi) is 12.5. The minimum absolute atomic E-state index is 0.00656. The normalized spacial score (nSPS) is 13.2. The Morgan fingerprint density at radius 3 is 2.24 bits per heavy atom. The van der Waals surface area contributed by atoms with Crippen molar-refractivity contribution < 1.29 is 44.1 Å². The van der Waals surface area contributed by atoms with Gasteiger partial charge in [-0.2, -0.15) is 0 Å². The fraction of sp³-hybridized carbons (Fsp3) is 0.333. The van der Waals surface area contributed by atoms with E-state index >= 15 is 0 Å². The number of benzene rings is 3. The lowest BCUT2D eigenvalue weighted by Gasteiger charge is -2.34. The van der Waals surface area contributed by atoms with Crippen molar-refractivity contribution in [2.45, 2.75) is 57.9 Å². The van der Waals surface area contributed by atoms with Gasteiger partial charge in [0, 0.05) is 51.2 Å². The van der Waals surface area contributed by atoms with Crippen LogP contribution in [0.1, 0.15) is 61.4 Å². The molecule has 1 aliphatic heterocycles. The Hall–Kier alpha value is -5.92. The third-order valence-corrected chi connectivity index (χ3v) is 8.46. The number of aromatic hydroxyl groups is 1. The predicted octanol–water partition coefficient (Wildman–Crippen LogP) is 3.88. The van der Waals surface area contributed by atoms with Crippen LogP contribution in [0.5, 0.6) is 5.75 Å². The fourth-order valence-corrected chi connectivity index (χ4v) is 6.06. The highest BCUT2D eigenvalue weighted by Crippen LogP contribution is 2.39. The number of nitrogens with two attached hydrogens (primary N) is 1. The van der Waals surface area contributed by atoms with E-state index in [1.807, 2.05) is 4.90 Å². The van der Waals surface area contributed by atoms with E-state index in [4.69, 9.17) is 5.73 Å². The zero-order valence-corrected chi connectivity index (χ0v) is 27.7. The van der Waals surface area contributed by atoms with Crippen molar-refractivity contribution in [3.63, 3.8) is 0 Å². The zero-order chi connectivity index (χ0) is 36.4. The number of carbonyl (C=O) groups excluding carboxylic acids is 4. The lowest BCUT2D eigenvalue weighted by atomic mass is 9.99. The standard InChI is InChI=1S/C36H41N5O9/c1-23(42)40(19-8-5-14-32(44)38-25-10-9-11-26(43)22-25)31(33(37)45)21-24-15-16-29(30(20-24)39-17-6-2-7-18-39)41(34(46)36(49)50)28-13-4-3-12-27(28)35(47)48/h3-4,9-13,15-16,20,22,31,43H,2,5-8,14,17-19,21H2,1H3,(H2,37,45)(H,38,44)(H,47,48)(H,49,50)/t31-/m0/s1. The first-order chi connectivity index (χ1) is 23.9. The summed E-state index contributed by atoms with van der Waals surface area (Å²) in [6.07, 6.45) is 3.57. The molecular formula is C36H41N5O9. The molecule has 6 N–H and O–H groups in total. The van der Waals surface area contributed by atoms with Crippen molar-refractivity contribution in [3.8, 4) is 5.75 Å². The van der Waals surface area contributed by atoms with E-state index in [2.05, 4.69) is 5.32 Å². The smallest absolute Gasteiger partial charge is 0.395 e. The Morgan fingerprint density at radius 2 is 1.60 bits per heavy atom. The van der Waals surface area contributed by atoms with Crippen molar-refractivity contribution in [2.75, 3.05) is 34.8 Å². The maximum atomic E-state index is 13.2. The molecular weight excluding hydrogens is 646 g/mol. The van der Waals surface area contributed by atoms with E-state index in [9.17, 15) is 44.1 Å². The van der Waals surface area contributed by atoms with Crippen LogP contribution in [0.3, 0.4) is 0 Å². The van der Waals surface area contributed by atoms with Gasteiger partial charge in [0.25, 0.3) is 0 Å². The first kappa shape index (κ1) is 36.9. The van der Waals surface area contributed by atoms with Crippen LogP contribution in [0, 0.1) is 0 Å². The number of amides is 4. The maximum absolute atomic E-state index is 13.2. The number of hydrogen-bond acceptors (Lipinski definition) is 8. The van der Waals surface area contributed by atoms with Crippen LogP contribution in [0.4, 0.5) is 22.7 Å². The van der Waals surface area contributed by atoms with Crippen LogP contribution in [-0.4, -0.2) is 81.5 Å². The number of rotatable bonds is 14. The number of unbranched alkanes of at least 4 members (excludes halogenated alkanes) is 1. The molecule has 1 atom stereocenters. The highest BCUT2D eigenvalue weighted by Gasteiger charge is 2.32. The Labute approximate surface area is 289 Å². The zero-order valence-electron chi connectivity index (χ0n) is 27.7. The van der Waals surface area contributed by atoms with Crippen molar-refractivity contribution in [3.05, 3.63) is 77.9 Å². The number of carboxylic acids is 2. The lowest BCUT2D eigenvalue weighted by molar-refractivity contribution is -0.148. The molecule has 0 aliphatic carbocycles. The molecule has 1 fully saturated rings.